The van der Waals surface area contributed by atoms with Crippen molar-refractivity contribution in [3.63, 3.8) is 0 Å². The maximum atomic E-state index is 13.0. The van der Waals surface area contributed by atoms with E-state index in [-0.39, 0.29) is 11.0 Å². The van der Waals surface area contributed by atoms with Crippen molar-refractivity contribution in [1.29, 1.82) is 0 Å². The van der Waals surface area contributed by atoms with E-state index in [9.17, 15) is 27.6 Å². The highest BCUT2D eigenvalue weighted by atomic mass is 19.4. The molecule has 9 heteroatoms. The first-order valence-electron chi connectivity index (χ1n) is 10.5. The van der Waals surface area contributed by atoms with Crippen molar-refractivity contribution >= 4 is 16.8 Å². The van der Waals surface area contributed by atoms with E-state index >= 15 is 0 Å². The van der Waals surface area contributed by atoms with E-state index in [2.05, 4.69) is 4.98 Å². The molecule has 168 valence electrons. The van der Waals surface area contributed by atoms with Crippen LogP contribution in [0.5, 0.6) is 0 Å². The van der Waals surface area contributed by atoms with E-state index < -0.39 is 35.4 Å². The zero-order chi connectivity index (χ0) is 23.0. The second-order valence-electron chi connectivity index (χ2n) is 8.18. The average molecular weight is 445 g/mol. The van der Waals surface area contributed by atoms with Crippen LogP contribution < -0.4 is 11.2 Å². The summed E-state index contributed by atoms with van der Waals surface area (Å²) in [6.45, 7) is -0.509. The molecule has 32 heavy (non-hydrogen) atoms. The molecule has 0 N–H and O–H groups in total. The number of carbonyl (C=O) groups is 1. The lowest BCUT2D eigenvalue weighted by atomic mass is 9.84. The molecule has 0 radical (unpaired) electrons. The Labute approximate surface area is 181 Å². The van der Waals surface area contributed by atoms with Gasteiger partial charge in [0.1, 0.15) is 11.3 Å². The second-order valence-corrected chi connectivity index (χ2v) is 8.18. The number of pyridine rings is 1. The lowest BCUT2D eigenvalue weighted by molar-refractivity contribution is -0.141. The maximum absolute atomic E-state index is 13.0. The van der Waals surface area contributed by atoms with Crippen molar-refractivity contribution in [2.75, 3.05) is 0 Å². The van der Waals surface area contributed by atoms with Crippen LogP contribution in [0.2, 0.25) is 0 Å². The number of halogens is 3. The maximum Gasteiger partial charge on any atom is 0.433 e. The third kappa shape index (κ3) is 4.11. The van der Waals surface area contributed by atoms with Gasteiger partial charge in [0, 0.05) is 12.6 Å². The van der Waals surface area contributed by atoms with Gasteiger partial charge < -0.3 is 0 Å². The molecule has 2 heterocycles. The Morgan fingerprint density at radius 3 is 2.31 bits per heavy atom. The van der Waals surface area contributed by atoms with E-state index in [1.807, 2.05) is 12.1 Å². The Bertz CT molecular complexity index is 1280. The number of ketones is 1. The van der Waals surface area contributed by atoms with E-state index in [0.29, 0.717) is 17.5 Å². The highest BCUT2D eigenvalue weighted by molar-refractivity contribution is 5.96. The number of alkyl halides is 3. The van der Waals surface area contributed by atoms with Gasteiger partial charge in [-0.2, -0.15) is 13.2 Å². The number of carbonyl (C=O) groups excluding carboxylic acids is 1. The van der Waals surface area contributed by atoms with Crippen LogP contribution in [0, 0.1) is 0 Å². The molecule has 2 aromatic heterocycles. The normalized spacial score (nSPS) is 15.2. The summed E-state index contributed by atoms with van der Waals surface area (Å²) >= 11 is 0. The SMILES string of the molecule is Cn1c(=O)n(CC(=O)c2ccc(C3CCCCC3)cc2)c(=O)c2ccc(C(F)(F)F)nc21. The van der Waals surface area contributed by atoms with Crippen LogP contribution in [-0.2, 0) is 19.8 Å². The van der Waals surface area contributed by atoms with Gasteiger partial charge in [-0.25, -0.2) is 9.78 Å². The summed E-state index contributed by atoms with van der Waals surface area (Å²) in [5.74, 6) is 0.0519. The predicted molar refractivity (Wildman–Crippen MR) is 113 cm³/mol. The minimum atomic E-state index is -4.71. The summed E-state index contributed by atoms with van der Waals surface area (Å²) in [5.41, 5.74) is -1.80. The van der Waals surface area contributed by atoms with E-state index in [0.717, 1.165) is 28.0 Å². The van der Waals surface area contributed by atoms with E-state index in [1.165, 1.54) is 31.9 Å². The Morgan fingerprint density at radius 1 is 1.03 bits per heavy atom. The molecular formula is C23H22F3N3O3. The number of aromatic nitrogens is 3. The van der Waals surface area contributed by atoms with Crippen LogP contribution in [0.25, 0.3) is 11.0 Å². The van der Waals surface area contributed by atoms with Crippen molar-refractivity contribution in [3.05, 3.63) is 74.1 Å². The molecule has 1 aliphatic carbocycles. The van der Waals surface area contributed by atoms with Gasteiger partial charge in [0.2, 0.25) is 0 Å². The van der Waals surface area contributed by atoms with Crippen molar-refractivity contribution in [1.82, 2.24) is 14.1 Å². The molecule has 6 nitrogen and oxygen atoms in total. The van der Waals surface area contributed by atoms with Crippen LogP contribution in [0.4, 0.5) is 13.2 Å². The standard InChI is InChI=1S/C23H22F3N3O3/c1-28-20-17(11-12-19(27-20)23(24,25)26)21(31)29(22(28)32)13-18(30)16-9-7-15(8-10-16)14-5-3-2-4-6-14/h7-12,14H,2-6,13H2,1H3. The summed E-state index contributed by atoms with van der Waals surface area (Å²) in [6.07, 6.45) is 1.17. The van der Waals surface area contributed by atoms with E-state index in [4.69, 9.17) is 0 Å². The summed E-state index contributed by atoms with van der Waals surface area (Å²) in [4.78, 5) is 41.6. The van der Waals surface area contributed by atoms with Crippen LogP contribution in [0.3, 0.4) is 0 Å². The first-order valence-corrected chi connectivity index (χ1v) is 10.5. The van der Waals surface area contributed by atoms with Crippen LogP contribution in [0.1, 0.15) is 59.6 Å². The quantitative estimate of drug-likeness (QED) is 0.568. The first kappa shape index (κ1) is 22.0. The van der Waals surface area contributed by atoms with Crippen LogP contribution >= 0.6 is 0 Å². The van der Waals surface area contributed by atoms with Crippen molar-refractivity contribution in [3.8, 4) is 0 Å². The molecule has 0 unspecified atom stereocenters. The fraction of sp³-hybridized carbons (Fsp3) is 0.391. The molecule has 1 aromatic carbocycles. The zero-order valence-corrected chi connectivity index (χ0v) is 17.5. The Kier molecular flexibility index (Phi) is 5.75. The summed E-state index contributed by atoms with van der Waals surface area (Å²) in [7, 11) is 1.22. The molecular weight excluding hydrogens is 423 g/mol. The molecule has 1 aliphatic rings. The topological polar surface area (TPSA) is 74.0 Å². The number of benzene rings is 1. The molecule has 0 bridgehead atoms. The first-order chi connectivity index (χ1) is 15.2. The van der Waals surface area contributed by atoms with Gasteiger partial charge in [-0.1, -0.05) is 43.5 Å². The molecule has 1 fully saturated rings. The lowest BCUT2D eigenvalue weighted by Gasteiger charge is -2.22. The third-order valence-corrected chi connectivity index (χ3v) is 6.09. The molecule has 0 aliphatic heterocycles. The Hall–Kier alpha value is -3.23. The fourth-order valence-electron chi connectivity index (χ4n) is 4.28. The number of hydrogen-bond donors (Lipinski definition) is 0. The van der Waals surface area contributed by atoms with Gasteiger partial charge in [-0.05, 0) is 36.5 Å². The molecule has 0 saturated heterocycles. The minimum absolute atomic E-state index is 0.166. The van der Waals surface area contributed by atoms with Gasteiger partial charge in [-0.15, -0.1) is 0 Å². The van der Waals surface area contributed by atoms with Crippen molar-refractivity contribution in [2.45, 2.75) is 50.7 Å². The van der Waals surface area contributed by atoms with Gasteiger partial charge in [0.25, 0.3) is 5.56 Å². The van der Waals surface area contributed by atoms with E-state index in [1.54, 1.807) is 12.1 Å². The number of nitrogens with zero attached hydrogens (tertiary/aromatic N) is 3. The number of aryl methyl sites for hydroxylation is 1. The second kappa shape index (κ2) is 8.37. The Balaban J connectivity index is 1.64. The molecule has 0 amide bonds. The number of hydrogen-bond acceptors (Lipinski definition) is 4. The van der Waals surface area contributed by atoms with Gasteiger partial charge in [-0.3, -0.25) is 18.7 Å². The molecule has 3 aromatic rings. The molecule has 1 saturated carbocycles. The monoisotopic (exact) mass is 445 g/mol. The average Bonchev–Trinajstić information content (AvgIpc) is 2.80. The predicted octanol–water partition coefficient (Wildman–Crippen LogP) is 4.04. The van der Waals surface area contributed by atoms with Gasteiger partial charge >= 0.3 is 11.9 Å². The highest BCUT2D eigenvalue weighted by Gasteiger charge is 2.33. The van der Waals surface area contributed by atoms with Crippen molar-refractivity contribution < 1.29 is 18.0 Å². The smallest absolute Gasteiger partial charge is 0.292 e. The molecule has 0 atom stereocenters. The zero-order valence-electron chi connectivity index (χ0n) is 17.5. The third-order valence-electron chi connectivity index (χ3n) is 6.09. The fourth-order valence-corrected chi connectivity index (χ4v) is 4.28. The van der Waals surface area contributed by atoms with Gasteiger partial charge in [0.15, 0.2) is 5.78 Å². The summed E-state index contributed by atoms with van der Waals surface area (Å²) < 4.78 is 40.5. The minimum Gasteiger partial charge on any atom is -0.292 e. The molecule has 0 spiro atoms. The Morgan fingerprint density at radius 2 is 1.69 bits per heavy atom. The van der Waals surface area contributed by atoms with Crippen LogP contribution in [-0.4, -0.2) is 19.9 Å². The van der Waals surface area contributed by atoms with Crippen molar-refractivity contribution in [2.24, 2.45) is 7.05 Å². The largest absolute Gasteiger partial charge is 0.433 e. The lowest BCUT2D eigenvalue weighted by Crippen LogP contribution is -2.41. The van der Waals surface area contributed by atoms with Gasteiger partial charge in [0.05, 0.1) is 11.9 Å². The number of Topliss-reactive ketones (excluding diaryl/α,β-unsaturated/α-hetero) is 1. The number of fused-ring (bicyclic) bond motifs is 1. The number of rotatable bonds is 4. The summed E-state index contributed by atoms with van der Waals surface area (Å²) in [5, 5.41) is -0.166. The molecule has 4 rings (SSSR count). The van der Waals surface area contributed by atoms with Crippen LogP contribution in [0.15, 0.2) is 46.0 Å². The summed E-state index contributed by atoms with van der Waals surface area (Å²) in [6, 6.07) is 8.87. The highest BCUT2D eigenvalue weighted by Crippen LogP contribution is 2.32.